The molecule has 0 radical (unpaired) electrons. The summed E-state index contributed by atoms with van der Waals surface area (Å²) >= 11 is 0. The highest BCUT2D eigenvalue weighted by atomic mass is 16.2. The van der Waals surface area contributed by atoms with Gasteiger partial charge in [0.2, 0.25) is 11.9 Å². The van der Waals surface area contributed by atoms with E-state index in [2.05, 4.69) is 43.4 Å². The van der Waals surface area contributed by atoms with Gasteiger partial charge in [0.1, 0.15) is 0 Å². The Bertz CT molecular complexity index is 748. The van der Waals surface area contributed by atoms with E-state index in [1.165, 1.54) is 12.0 Å². The van der Waals surface area contributed by atoms with E-state index in [9.17, 15) is 4.79 Å². The third-order valence-electron chi connectivity index (χ3n) is 5.44. The zero-order valence-corrected chi connectivity index (χ0v) is 16.5. The SMILES string of the molecule is C[C@H](C(=O)Nc1ncccn1)N(C)C[C@@H]1CCCN(C)[C@H]1c1cnn(C)c1. The van der Waals surface area contributed by atoms with Crippen molar-refractivity contribution in [2.24, 2.45) is 13.0 Å². The average molecular weight is 371 g/mol. The fourth-order valence-corrected chi connectivity index (χ4v) is 3.88. The van der Waals surface area contributed by atoms with Gasteiger partial charge in [-0.2, -0.15) is 5.10 Å². The fourth-order valence-electron chi connectivity index (χ4n) is 3.88. The van der Waals surface area contributed by atoms with E-state index in [4.69, 9.17) is 0 Å². The third kappa shape index (κ3) is 4.70. The van der Waals surface area contributed by atoms with Gasteiger partial charge in [-0.05, 0) is 52.4 Å². The monoisotopic (exact) mass is 371 g/mol. The second-order valence-corrected chi connectivity index (χ2v) is 7.45. The smallest absolute Gasteiger partial charge is 0.243 e. The quantitative estimate of drug-likeness (QED) is 0.830. The number of hydrogen-bond acceptors (Lipinski definition) is 6. The van der Waals surface area contributed by atoms with Crippen LogP contribution in [0.4, 0.5) is 5.95 Å². The van der Waals surface area contributed by atoms with Crippen molar-refractivity contribution in [2.75, 3.05) is 32.5 Å². The number of rotatable bonds is 6. The molecule has 2 aromatic heterocycles. The number of carbonyl (C=O) groups excluding carboxylic acids is 1. The van der Waals surface area contributed by atoms with Crippen LogP contribution in [0.2, 0.25) is 0 Å². The molecular weight excluding hydrogens is 342 g/mol. The molecule has 1 aliphatic rings. The molecule has 3 heterocycles. The Morgan fingerprint density at radius 3 is 2.78 bits per heavy atom. The maximum Gasteiger partial charge on any atom is 0.243 e. The number of nitrogens with one attached hydrogen (secondary N) is 1. The van der Waals surface area contributed by atoms with Crippen LogP contribution in [0.5, 0.6) is 0 Å². The largest absolute Gasteiger partial charge is 0.299 e. The van der Waals surface area contributed by atoms with Crippen LogP contribution in [-0.2, 0) is 11.8 Å². The summed E-state index contributed by atoms with van der Waals surface area (Å²) < 4.78 is 1.86. The summed E-state index contributed by atoms with van der Waals surface area (Å²) in [5.41, 5.74) is 1.24. The van der Waals surface area contributed by atoms with E-state index in [1.54, 1.807) is 18.5 Å². The maximum atomic E-state index is 12.6. The minimum absolute atomic E-state index is 0.0919. The lowest BCUT2D eigenvalue weighted by atomic mass is 9.85. The minimum atomic E-state index is -0.268. The van der Waals surface area contributed by atoms with Crippen molar-refractivity contribution >= 4 is 11.9 Å². The number of anilines is 1. The van der Waals surface area contributed by atoms with E-state index in [-0.39, 0.29) is 11.9 Å². The first kappa shape index (κ1) is 19.4. The predicted molar refractivity (Wildman–Crippen MR) is 104 cm³/mol. The van der Waals surface area contributed by atoms with E-state index < -0.39 is 0 Å². The number of carbonyl (C=O) groups is 1. The van der Waals surface area contributed by atoms with Gasteiger partial charge in [0.15, 0.2) is 0 Å². The Morgan fingerprint density at radius 1 is 1.37 bits per heavy atom. The van der Waals surface area contributed by atoms with Crippen molar-refractivity contribution in [3.63, 3.8) is 0 Å². The molecule has 1 amide bonds. The van der Waals surface area contributed by atoms with Crippen molar-refractivity contribution in [3.05, 3.63) is 36.4 Å². The van der Waals surface area contributed by atoms with Crippen molar-refractivity contribution in [1.29, 1.82) is 0 Å². The molecule has 27 heavy (non-hydrogen) atoms. The molecule has 0 aliphatic carbocycles. The molecule has 0 saturated carbocycles. The second kappa shape index (κ2) is 8.58. The normalized spacial score (nSPS) is 22.0. The van der Waals surface area contributed by atoms with Crippen LogP contribution in [0.1, 0.15) is 31.4 Å². The lowest BCUT2D eigenvalue weighted by Crippen LogP contribution is -2.46. The van der Waals surface area contributed by atoms with Crippen LogP contribution >= 0.6 is 0 Å². The number of amides is 1. The van der Waals surface area contributed by atoms with Crippen molar-refractivity contribution in [1.82, 2.24) is 29.5 Å². The first-order valence-electron chi connectivity index (χ1n) is 9.42. The number of likely N-dealkylation sites (tertiary alicyclic amines) is 1. The van der Waals surface area contributed by atoms with Crippen LogP contribution in [0, 0.1) is 5.92 Å². The fraction of sp³-hybridized carbons (Fsp3) is 0.579. The molecular formula is C19H29N7O. The summed E-state index contributed by atoms with van der Waals surface area (Å²) in [5, 5.41) is 7.14. The van der Waals surface area contributed by atoms with Gasteiger partial charge in [-0.15, -0.1) is 0 Å². The maximum absolute atomic E-state index is 12.6. The number of piperidine rings is 1. The number of aromatic nitrogens is 4. The Labute approximate surface area is 160 Å². The van der Waals surface area contributed by atoms with Gasteiger partial charge in [-0.3, -0.25) is 24.6 Å². The molecule has 1 fully saturated rings. The van der Waals surface area contributed by atoms with Gasteiger partial charge < -0.3 is 0 Å². The molecule has 2 aromatic rings. The number of nitrogens with zero attached hydrogens (tertiary/aromatic N) is 6. The molecule has 0 spiro atoms. The van der Waals surface area contributed by atoms with Crippen LogP contribution < -0.4 is 5.32 Å². The first-order chi connectivity index (χ1) is 13.0. The lowest BCUT2D eigenvalue weighted by Gasteiger charge is -2.41. The van der Waals surface area contributed by atoms with Gasteiger partial charge >= 0.3 is 0 Å². The lowest BCUT2D eigenvalue weighted by molar-refractivity contribution is -0.120. The molecule has 1 saturated heterocycles. The molecule has 3 atom stereocenters. The standard InChI is InChI=1S/C19H29N7O/c1-14(18(27)23-19-20-8-6-9-21-19)25(3)12-15-7-5-10-24(2)17(15)16-11-22-26(4)13-16/h6,8-9,11,13-15,17H,5,7,10,12H2,1-4H3,(H,20,21,23,27)/t14-,15+,17-/m1/s1. The zero-order valence-electron chi connectivity index (χ0n) is 16.5. The van der Waals surface area contributed by atoms with Gasteiger partial charge in [0, 0.05) is 43.8 Å². The van der Waals surface area contributed by atoms with E-state index >= 15 is 0 Å². The third-order valence-corrected chi connectivity index (χ3v) is 5.44. The number of aryl methyl sites for hydroxylation is 1. The van der Waals surface area contributed by atoms with Crippen LogP contribution in [0.25, 0.3) is 0 Å². The van der Waals surface area contributed by atoms with Crippen LogP contribution in [0.3, 0.4) is 0 Å². The number of likely N-dealkylation sites (N-methyl/N-ethyl adjacent to an activating group) is 1. The van der Waals surface area contributed by atoms with E-state index in [0.717, 1.165) is 19.5 Å². The summed E-state index contributed by atoms with van der Waals surface area (Å²) in [6.07, 6.45) is 9.61. The van der Waals surface area contributed by atoms with Crippen LogP contribution in [-0.4, -0.2) is 68.7 Å². The average Bonchev–Trinajstić information content (AvgIpc) is 3.07. The summed E-state index contributed by atoms with van der Waals surface area (Å²) in [6, 6.07) is 1.78. The van der Waals surface area contributed by atoms with Crippen molar-refractivity contribution in [3.8, 4) is 0 Å². The molecule has 146 valence electrons. The highest BCUT2D eigenvalue weighted by molar-refractivity contribution is 5.92. The molecule has 0 bridgehead atoms. The summed E-state index contributed by atoms with van der Waals surface area (Å²) in [5.74, 6) is 0.695. The Hall–Kier alpha value is -2.32. The summed E-state index contributed by atoms with van der Waals surface area (Å²) in [4.78, 5) is 25.2. The Kier molecular flexibility index (Phi) is 6.18. The molecule has 8 nitrogen and oxygen atoms in total. The van der Waals surface area contributed by atoms with Gasteiger partial charge in [-0.25, -0.2) is 9.97 Å². The zero-order chi connectivity index (χ0) is 19.4. The van der Waals surface area contributed by atoms with Gasteiger partial charge in [0.05, 0.1) is 12.2 Å². The molecule has 0 aromatic carbocycles. The molecule has 1 N–H and O–H groups in total. The second-order valence-electron chi connectivity index (χ2n) is 7.45. The van der Waals surface area contributed by atoms with Gasteiger partial charge in [0.25, 0.3) is 0 Å². The number of hydrogen-bond donors (Lipinski definition) is 1. The summed E-state index contributed by atoms with van der Waals surface area (Å²) in [7, 11) is 6.13. The molecule has 3 rings (SSSR count). The Morgan fingerprint density at radius 2 is 2.11 bits per heavy atom. The van der Waals surface area contributed by atoms with Crippen LogP contribution in [0.15, 0.2) is 30.9 Å². The van der Waals surface area contributed by atoms with Crippen molar-refractivity contribution < 1.29 is 4.79 Å². The summed E-state index contributed by atoms with van der Waals surface area (Å²) in [6.45, 7) is 3.85. The molecule has 8 heteroatoms. The highest BCUT2D eigenvalue weighted by Gasteiger charge is 2.33. The molecule has 1 aliphatic heterocycles. The Balaban J connectivity index is 1.65. The van der Waals surface area contributed by atoms with Gasteiger partial charge in [-0.1, -0.05) is 0 Å². The predicted octanol–water partition coefficient (Wildman–Crippen LogP) is 1.55. The molecule has 0 unspecified atom stereocenters. The first-order valence-corrected chi connectivity index (χ1v) is 9.42. The van der Waals surface area contributed by atoms with E-state index in [1.807, 2.05) is 31.9 Å². The minimum Gasteiger partial charge on any atom is -0.299 e. The van der Waals surface area contributed by atoms with E-state index in [0.29, 0.717) is 17.9 Å². The van der Waals surface area contributed by atoms with Crippen molar-refractivity contribution in [2.45, 2.75) is 31.8 Å². The highest BCUT2D eigenvalue weighted by Crippen LogP contribution is 2.35. The topological polar surface area (TPSA) is 79.2 Å².